The minimum atomic E-state index is -0.192. The highest BCUT2D eigenvalue weighted by Gasteiger charge is 2.27. The quantitative estimate of drug-likeness (QED) is 0.860. The minimum Gasteiger partial charge on any atom is -0.395 e. The molecule has 2 heterocycles. The third kappa shape index (κ3) is 4.54. The maximum Gasteiger partial charge on any atom is 0.123 e. The molecule has 5 heteroatoms. The molecule has 0 saturated carbocycles. The monoisotopic (exact) mass is 383 g/mol. The highest BCUT2D eigenvalue weighted by atomic mass is 19.1. The second-order valence-corrected chi connectivity index (χ2v) is 7.88. The summed E-state index contributed by atoms with van der Waals surface area (Å²) >= 11 is 0. The first-order valence-electron chi connectivity index (χ1n) is 10.4. The van der Waals surface area contributed by atoms with E-state index >= 15 is 0 Å². The van der Waals surface area contributed by atoms with Crippen LogP contribution in [-0.2, 0) is 0 Å². The summed E-state index contributed by atoms with van der Waals surface area (Å²) in [5.74, 6) is -0.192. The zero-order valence-electron chi connectivity index (χ0n) is 16.4. The van der Waals surface area contributed by atoms with Crippen LogP contribution in [0.15, 0.2) is 48.5 Å². The molecule has 0 radical (unpaired) electrons. The molecule has 0 bridgehead atoms. The van der Waals surface area contributed by atoms with Crippen molar-refractivity contribution in [1.82, 2.24) is 9.80 Å². The number of piperidine rings is 1. The van der Waals surface area contributed by atoms with Crippen molar-refractivity contribution in [2.45, 2.75) is 18.9 Å². The summed E-state index contributed by atoms with van der Waals surface area (Å²) in [4.78, 5) is 7.44. The standard InChI is InChI=1S/C23H30FN3O/c24-21-5-1-3-19(17-21)20-4-2-6-23(18-20)26-9-7-22(8-10-26)27-13-11-25(12-14-27)15-16-28/h1-6,17-18,22,28H,7-16H2. The van der Waals surface area contributed by atoms with Gasteiger partial charge in [-0.25, -0.2) is 4.39 Å². The van der Waals surface area contributed by atoms with E-state index in [9.17, 15) is 4.39 Å². The molecule has 0 aliphatic carbocycles. The maximum atomic E-state index is 13.6. The van der Waals surface area contributed by atoms with Crippen LogP contribution in [0.1, 0.15) is 12.8 Å². The van der Waals surface area contributed by atoms with Crippen molar-refractivity contribution >= 4 is 5.69 Å². The van der Waals surface area contributed by atoms with Gasteiger partial charge in [-0.3, -0.25) is 9.80 Å². The van der Waals surface area contributed by atoms with Crippen molar-refractivity contribution in [2.75, 3.05) is 57.3 Å². The third-order valence-electron chi connectivity index (χ3n) is 6.17. The Balaban J connectivity index is 1.35. The summed E-state index contributed by atoms with van der Waals surface area (Å²) in [5.41, 5.74) is 3.23. The Labute approximate surface area is 167 Å². The summed E-state index contributed by atoms with van der Waals surface area (Å²) in [6, 6.07) is 16.0. The molecule has 2 saturated heterocycles. The lowest BCUT2D eigenvalue weighted by Gasteiger charge is -2.43. The normalized spacial score (nSPS) is 19.9. The van der Waals surface area contributed by atoms with E-state index in [2.05, 4.69) is 39.0 Å². The molecule has 2 aliphatic heterocycles. The predicted molar refractivity (Wildman–Crippen MR) is 112 cm³/mol. The molecule has 2 fully saturated rings. The fourth-order valence-corrected chi connectivity index (χ4v) is 4.53. The molecule has 2 aliphatic rings. The van der Waals surface area contributed by atoms with Crippen LogP contribution in [0.3, 0.4) is 0 Å². The fraction of sp³-hybridized carbons (Fsp3) is 0.478. The summed E-state index contributed by atoms with van der Waals surface area (Å²) < 4.78 is 13.6. The van der Waals surface area contributed by atoms with Crippen LogP contribution in [0.5, 0.6) is 0 Å². The Morgan fingerprint density at radius 3 is 2.21 bits per heavy atom. The number of rotatable bonds is 5. The molecule has 2 aromatic carbocycles. The average Bonchev–Trinajstić information content (AvgIpc) is 2.75. The van der Waals surface area contributed by atoms with Crippen molar-refractivity contribution in [1.29, 1.82) is 0 Å². The number of aliphatic hydroxyl groups is 1. The van der Waals surface area contributed by atoms with E-state index in [1.807, 2.05) is 6.07 Å². The second-order valence-electron chi connectivity index (χ2n) is 7.88. The Bertz CT molecular complexity index is 768. The largest absolute Gasteiger partial charge is 0.395 e. The van der Waals surface area contributed by atoms with Crippen LogP contribution in [0.25, 0.3) is 11.1 Å². The molecular weight excluding hydrogens is 353 g/mol. The first-order valence-corrected chi connectivity index (χ1v) is 10.4. The Hall–Kier alpha value is -1.95. The number of nitrogens with zero attached hydrogens (tertiary/aromatic N) is 3. The number of anilines is 1. The summed E-state index contributed by atoms with van der Waals surface area (Å²) in [5, 5.41) is 9.10. The maximum absolute atomic E-state index is 13.6. The van der Waals surface area contributed by atoms with Crippen LogP contribution < -0.4 is 4.90 Å². The van der Waals surface area contributed by atoms with Gasteiger partial charge in [-0.2, -0.15) is 0 Å². The average molecular weight is 384 g/mol. The van der Waals surface area contributed by atoms with Crippen LogP contribution in [0.2, 0.25) is 0 Å². The van der Waals surface area contributed by atoms with E-state index in [-0.39, 0.29) is 12.4 Å². The zero-order chi connectivity index (χ0) is 19.3. The van der Waals surface area contributed by atoms with Gasteiger partial charge in [0.2, 0.25) is 0 Å². The molecule has 1 N–H and O–H groups in total. The van der Waals surface area contributed by atoms with Crippen LogP contribution in [-0.4, -0.2) is 73.4 Å². The van der Waals surface area contributed by atoms with Crippen LogP contribution in [0, 0.1) is 5.82 Å². The van der Waals surface area contributed by atoms with E-state index in [0.29, 0.717) is 6.04 Å². The van der Waals surface area contributed by atoms with E-state index in [4.69, 9.17) is 5.11 Å². The molecule has 150 valence electrons. The van der Waals surface area contributed by atoms with Crippen LogP contribution in [0.4, 0.5) is 10.1 Å². The van der Waals surface area contributed by atoms with E-state index in [1.54, 1.807) is 12.1 Å². The van der Waals surface area contributed by atoms with Crippen molar-refractivity contribution in [3.63, 3.8) is 0 Å². The number of halogens is 1. The molecule has 2 aromatic rings. The lowest BCUT2D eigenvalue weighted by Crippen LogP contribution is -2.53. The van der Waals surface area contributed by atoms with Gasteiger partial charge < -0.3 is 10.0 Å². The number of piperazine rings is 1. The minimum absolute atomic E-state index is 0.192. The first kappa shape index (κ1) is 19.4. The Morgan fingerprint density at radius 2 is 1.54 bits per heavy atom. The predicted octanol–water partition coefficient (Wildman–Crippen LogP) is 3.07. The van der Waals surface area contributed by atoms with Gasteiger partial charge in [-0.05, 0) is 48.2 Å². The van der Waals surface area contributed by atoms with E-state index in [0.717, 1.165) is 56.9 Å². The molecular formula is C23H30FN3O. The molecule has 4 rings (SSSR count). The van der Waals surface area contributed by atoms with Gasteiger partial charge in [0.1, 0.15) is 5.82 Å². The fourth-order valence-electron chi connectivity index (χ4n) is 4.53. The van der Waals surface area contributed by atoms with Crippen molar-refractivity contribution < 1.29 is 9.50 Å². The summed E-state index contributed by atoms with van der Waals surface area (Å²) in [7, 11) is 0. The Kier molecular flexibility index (Phi) is 6.25. The Morgan fingerprint density at radius 1 is 0.857 bits per heavy atom. The van der Waals surface area contributed by atoms with Crippen LogP contribution >= 0.6 is 0 Å². The van der Waals surface area contributed by atoms with E-state index in [1.165, 1.54) is 24.6 Å². The van der Waals surface area contributed by atoms with Gasteiger partial charge in [0.25, 0.3) is 0 Å². The molecule has 0 spiro atoms. The van der Waals surface area contributed by atoms with Crippen molar-refractivity contribution in [3.05, 3.63) is 54.3 Å². The van der Waals surface area contributed by atoms with Gasteiger partial charge in [0.05, 0.1) is 6.61 Å². The van der Waals surface area contributed by atoms with E-state index < -0.39 is 0 Å². The molecule has 0 atom stereocenters. The lowest BCUT2D eigenvalue weighted by molar-refractivity contribution is 0.0747. The highest BCUT2D eigenvalue weighted by Crippen LogP contribution is 2.28. The first-order chi connectivity index (χ1) is 13.7. The van der Waals surface area contributed by atoms with Crippen molar-refractivity contribution in [3.8, 4) is 11.1 Å². The summed E-state index contributed by atoms with van der Waals surface area (Å²) in [6.45, 7) is 7.54. The third-order valence-corrected chi connectivity index (χ3v) is 6.17. The lowest BCUT2D eigenvalue weighted by atomic mass is 10.00. The number of hydrogen-bond acceptors (Lipinski definition) is 4. The van der Waals surface area contributed by atoms with Gasteiger partial charge >= 0.3 is 0 Å². The number of benzene rings is 2. The highest BCUT2D eigenvalue weighted by molar-refractivity contribution is 5.68. The molecule has 28 heavy (non-hydrogen) atoms. The van der Waals surface area contributed by atoms with Crippen molar-refractivity contribution in [2.24, 2.45) is 0 Å². The number of hydrogen-bond donors (Lipinski definition) is 1. The SMILES string of the molecule is OCCN1CCN(C2CCN(c3cccc(-c4cccc(F)c4)c3)CC2)CC1. The van der Waals surface area contributed by atoms with Gasteiger partial charge in [0.15, 0.2) is 0 Å². The van der Waals surface area contributed by atoms with Gasteiger partial charge in [-0.1, -0.05) is 24.3 Å². The van der Waals surface area contributed by atoms with Gasteiger partial charge in [0, 0.05) is 57.5 Å². The molecule has 0 amide bonds. The number of β-amino-alcohol motifs (C(OH)–C–C–N with tert-alkyl or cyclic N) is 1. The molecule has 0 aromatic heterocycles. The topological polar surface area (TPSA) is 30.0 Å². The van der Waals surface area contributed by atoms with Gasteiger partial charge in [-0.15, -0.1) is 0 Å². The second kappa shape index (κ2) is 9.03. The summed E-state index contributed by atoms with van der Waals surface area (Å²) in [6.07, 6.45) is 2.37. The molecule has 4 nitrogen and oxygen atoms in total. The number of aliphatic hydroxyl groups excluding tert-OH is 1. The zero-order valence-corrected chi connectivity index (χ0v) is 16.4. The smallest absolute Gasteiger partial charge is 0.123 e. The molecule has 0 unspecified atom stereocenters.